The molecule has 32 heavy (non-hydrogen) atoms. The van der Waals surface area contributed by atoms with Crippen molar-refractivity contribution < 1.29 is 13.9 Å². The molecule has 4 aliphatic heterocycles. The molecule has 5 fully saturated rings. The largest absolute Gasteiger partial charge is 0.378 e. The van der Waals surface area contributed by atoms with Gasteiger partial charge in [0.25, 0.3) is 0 Å². The number of anilines is 1. The smallest absolute Gasteiger partial charge is 0.238 e. The topological polar surface area (TPSA) is 80.6 Å². The zero-order valence-electron chi connectivity index (χ0n) is 18.2. The third kappa shape index (κ3) is 3.47. The zero-order valence-corrected chi connectivity index (χ0v) is 18.2. The fourth-order valence-corrected chi connectivity index (χ4v) is 6.31. The first-order valence-corrected chi connectivity index (χ1v) is 11.8. The molecule has 8 heteroatoms. The average Bonchev–Trinajstić information content (AvgIpc) is 3.31. The lowest BCUT2D eigenvalue weighted by Gasteiger charge is -2.63. The van der Waals surface area contributed by atoms with E-state index in [1.807, 2.05) is 6.07 Å². The summed E-state index contributed by atoms with van der Waals surface area (Å²) in [5.41, 5.74) is 1.72. The van der Waals surface area contributed by atoms with E-state index in [1.54, 1.807) is 12.1 Å². The van der Waals surface area contributed by atoms with Crippen LogP contribution in [0.4, 0.5) is 10.1 Å². The number of likely N-dealkylation sites (tertiary alicyclic amines) is 1. The van der Waals surface area contributed by atoms with Gasteiger partial charge >= 0.3 is 0 Å². The fraction of sp³-hybridized carbons (Fsp3) is 0.667. The fourth-order valence-electron chi connectivity index (χ4n) is 6.31. The number of amides is 1. The summed E-state index contributed by atoms with van der Waals surface area (Å²) >= 11 is 0. The molecule has 6 rings (SSSR count). The minimum Gasteiger partial charge on any atom is -0.378 e. The lowest BCUT2D eigenvalue weighted by atomic mass is 9.71. The molecule has 1 aromatic rings. The molecule has 0 radical (unpaired) electrons. The van der Waals surface area contributed by atoms with E-state index >= 15 is 0 Å². The van der Waals surface area contributed by atoms with Gasteiger partial charge in [0.15, 0.2) is 0 Å². The van der Waals surface area contributed by atoms with Crippen LogP contribution >= 0.6 is 0 Å². The Hall–Kier alpha value is -2.21. The number of nitriles is 1. The first-order chi connectivity index (χ1) is 15.5. The number of carbonyl (C=O) groups excluding carboxylic acids is 1. The average molecular weight is 440 g/mol. The Morgan fingerprint density at radius 2 is 2.12 bits per heavy atom. The predicted octanol–water partition coefficient (Wildman–Crippen LogP) is 1.04. The maximum absolute atomic E-state index is 14.9. The summed E-state index contributed by atoms with van der Waals surface area (Å²) in [4.78, 5) is 17.3. The van der Waals surface area contributed by atoms with E-state index in [4.69, 9.17) is 4.74 Å². The van der Waals surface area contributed by atoms with Crippen molar-refractivity contribution in [1.82, 2.24) is 15.5 Å². The van der Waals surface area contributed by atoms with Crippen LogP contribution in [0, 0.1) is 28.5 Å². The van der Waals surface area contributed by atoms with Gasteiger partial charge in [-0.25, -0.2) is 4.39 Å². The van der Waals surface area contributed by atoms with E-state index in [0.29, 0.717) is 29.0 Å². The summed E-state index contributed by atoms with van der Waals surface area (Å²) in [7, 11) is 0. The number of benzene rings is 1. The van der Waals surface area contributed by atoms with Gasteiger partial charge in [-0.3, -0.25) is 9.69 Å². The quantitative estimate of drug-likeness (QED) is 0.690. The molecule has 2 N–H and O–H groups in total. The van der Waals surface area contributed by atoms with Gasteiger partial charge in [-0.2, -0.15) is 5.26 Å². The number of hydrogen-bond donors (Lipinski definition) is 2. The second-order valence-electron chi connectivity index (χ2n) is 10.5. The highest BCUT2D eigenvalue weighted by atomic mass is 19.1. The maximum atomic E-state index is 14.9. The lowest BCUT2D eigenvalue weighted by Crippen LogP contribution is -2.75. The molecule has 0 unspecified atom stereocenters. The van der Waals surface area contributed by atoms with Crippen molar-refractivity contribution >= 4 is 11.6 Å². The van der Waals surface area contributed by atoms with Crippen LogP contribution in [0.2, 0.25) is 0 Å². The molecule has 4 atom stereocenters. The summed E-state index contributed by atoms with van der Waals surface area (Å²) in [6, 6.07) is 7.50. The van der Waals surface area contributed by atoms with Crippen LogP contribution in [0.5, 0.6) is 0 Å². The molecule has 170 valence electrons. The van der Waals surface area contributed by atoms with Crippen molar-refractivity contribution in [2.75, 3.05) is 44.3 Å². The molecule has 1 amide bonds. The van der Waals surface area contributed by atoms with E-state index in [1.165, 1.54) is 0 Å². The normalized spacial score (nSPS) is 31.5. The van der Waals surface area contributed by atoms with Crippen LogP contribution < -0.4 is 15.5 Å². The second kappa shape index (κ2) is 7.68. The Balaban J connectivity index is 1.03. The molecule has 0 aromatic heterocycles. The monoisotopic (exact) mass is 439 g/mol. The van der Waals surface area contributed by atoms with Crippen molar-refractivity contribution in [2.45, 2.75) is 49.9 Å². The lowest BCUT2D eigenvalue weighted by molar-refractivity contribution is -0.137. The number of hydrogen-bond acceptors (Lipinski definition) is 6. The van der Waals surface area contributed by atoms with Crippen molar-refractivity contribution in [3.05, 3.63) is 29.6 Å². The third-order valence-electron chi connectivity index (χ3n) is 8.21. The predicted molar refractivity (Wildman–Crippen MR) is 117 cm³/mol. The molecule has 1 spiro atoms. The number of nitrogens with one attached hydrogen (secondary N) is 2. The van der Waals surface area contributed by atoms with E-state index in [9.17, 15) is 14.4 Å². The van der Waals surface area contributed by atoms with Gasteiger partial charge in [0, 0.05) is 49.7 Å². The van der Waals surface area contributed by atoms with Crippen molar-refractivity contribution in [3.63, 3.8) is 0 Å². The number of nitrogens with zero attached hydrogens (tertiary/aromatic N) is 3. The van der Waals surface area contributed by atoms with E-state index in [2.05, 4.69) is 26.5 Å². The number of ether oxygens (including phenoxy) is 1. The summed E-state index contributed by atoms with van der Waals surface area (Å²) < 4.78 is 20.1. The van der Waals surface area contributed by atoms with Crippen molar-refractivity contribution in [1.29, 1.82) is 5.26 Å². The van der Waals surface area contributed by atoms with E-state index < -0.39 is 6.04 Å². The number of carbonyl (C=O) groups is 1. The van der Waals surface area contributed by atoms with Crippen molar-refractivity contribution in [3.8, 4) is 6.07 Å². The first kappa shape index (κ1) is 20.4. The standard InChI is InChI=1S/C24H30FN5O2/c25-21-7-19(29-11-24(12-29)13-30(14-24)20-9-32-10-20)4-2-15(21)5-18(8-26)28-23(31)22-16-1-3-17(6-16)27-22/h2,4,7,16-18,20,22,27H,1,3,5-6,9-14H2,(H,28,31)/t16-,17+,18-,22-/m0/s1. The Kier molecular flexibility index (Phi) is 4.90. The molecule has 4 saturated heterocycles. The van der Waals surface area contributed by atoms with Crippen LogP contribution in [-0.4, -0.2) is 74.4 Å². The van der Waals surface area contributed by atoms with Crippen molar-refractivity contribution in [2.24, 2.45) is 11.3 Å². The molecule has 1 aromatic carbocycles. The number of piperidine rings is 1. The molecule has 4 heterocycles. The van der Waals surface area contributed by atoms with Crippen LogP contribution in [0.1, 0.15) is 24.8 Å². The van der Waals surface area contributed by atoms with Crippen LogP contribution in [-0.2, 0) is 16.0 Å². The van der Waals surface area contributed by atoms with Crippen LogP contribution in [0.15, 0.2) is 18.2 Å². The van der Waals surface area contributed by atoms with Gasteiger partial charge in [-0.15, -0.1) is 0 Å². The number of rotatable bonds is 6. The molecule has 7 nitrogen and oxygen atoms in total. The Morgan fingerprint density at radius 3 is 2.72 bits per heavy atom. The van der Waals surface area contributed by atoms with Crippen LogP contribution in [0.25, 0.3) is 0 Å². The Bertz CT molecular complexity index is 946. The van der Waals surface area contributed by atoms with Gasteiger partial charge in [0.2, 0.25) is 5.91 Å². The summed E-state index contributed by atoms with van der Waals surface area (Å²) in [6.07, 6.45) is 3.40. The highest BCUT2D eigenvalue weighted by Crippen LogP contribution is 2.43. The Labute approximate surface area is 187 Å². The minimum atomic E-state index is -0.729. The maximum Gasteiger partial charge on any atom is 0.238 e. The molecule has 1 saturated carbocycles. The molecule has 1 aliphatic carbocycles. The first-order valence-electron chi connectivity index (χ1n) is 11.8. The summed E-state index contributed by atoms with van der Waals surface area (Å²) in [5, 5.41) is 15.7. The molecular weight excluding hydrogens is 409 g/mol. The van der Waals surface area contributed by atoms with Gasteiger partial charge < -0.3 is 20.3 Å². The highest BCUT2D eigenvalue weighted by Gasteiger charge is 2.54. The van der Waals surface area contributed by atoms with Gasteiger partial charge in [0.05, 0.1) is 31.4 Å². The molecule has 5 aliphatic rings. The van der Waals surface area contributed by atoms with Crippen LogP contribution in [0.3, 0.4) is 0 Å². The third-order valence-corrected chi connectivity index (χ3v) is 8.21. The van der Waals surface area contributed by atoms with E-state index in [0.717, 1.165) is 64.3 Å². The number of fused-ring (bicyclic) bond motifs is 2. The molecule has 2 bridgehead atoms. The van der Waals surface area contributed by atoms with E-state index in [-0.39, 0.29) is 24.2 Å². The highest BCUT2D eigenvalue weighted by molar-refractivity contribution is 5.83. The van der Waals surface area contributed by atoms with Gasteiger partial charge in [-0.05, 0) is 42.9 Å². The summed E-state index contributed by atoms with van der Waals surface area (Å²) in [6.45, 7) is 5.86. The minimum absolute atomic E-state index is 0.130. The Morgan fingerprint density at radius 1 is 1.31 bits per heavy atom. The number of halogens is 1. The SMILES string of the molecule is N#C[C@H](Cc1ccc(N2CC3(C2)CN(C2COC2)C3)cc1F)NC(=O)[C@H]1N[C@@H]2CC[C@H]1C2. The van der Waals surface area contributed by atoms with Gasteiger partial charge in [-0.1, -0.05) is 6.07 Å². The van der Waals surface area contributed by atoms with Gasteiger partial charge in [0.1, 0.15) is 11.9 Å². The second-order valence-corrected chi connectivity index (χ2v) is 10.5. The molecular formula is C24H30FN5O2. The zero-order chi connectivity index (χ0) is 21.9. The summed E-state index contributed by atoms with van der Waals surface area (Å²) in [5.74, 6) is -0.0764.